The Morgan fingerprint density at radius 1 is 1.39 bits per heavy atom. The fourth-order valence-corrected chi connectivity index (χ4v) is 3.79. The van der Waals surface area contributed by atoms with Gasteiger partial charge in [0.15, 0.2) is 0 Å². The van der Waals surface area contributed by atoms with Gasteiger partial charge in [-0.1, -0.05) is 0 Å². The molecular weight excluding hydrogens is 290 g/mol. The molecule has 1 amide bonds. The zero-order valence-electron chi connectivity index (χ0n) is 13.7. The first-order valence-electron chi connectivity index (χ1n) is 8.12. The number of anilines is 1. The molecule has 2 saturated carbocycles. The number of rotatable bonds is 4. The molecule has 0 saturated heterocycles. The molecule has 2 aromatic rings. The van der Waals surface area contributed by atoms with Crippen molar-refractivity contribution in [2.75, 3.05) is 11.9 Å². The predicted molar refractivity (Wildman–Crippen MR) is 86.2 cm³/mol. The number of hydrogen-bond donors (Lipinski definition) is 0. The highest BCUT2D eigenvalue weighted by atomic mass is 16.2. The van der Waals surface area contributed by atoms with Gasteiger partial charge in [-0.05, 0) is 50.5 Å². The molecule has 6 heteroatoms. The van der Waals surface area contributed by atoms with Crippen molar-refractivity contribution >= 4 is 11.6 Å². The summed E-state index contributed by atoms with van der Waals surface area (Å²) in [4.78, 5) is 14.3. The Balaban J connectivity index is 1.56. The summed E-state index contributed by atoms with van der Waals surface area (Å²) in [6, 6.07) is 2.14. The number of aromatic nitrogens is 4. The van der Waals surface area contributed by atoms with E-state index >= 15 is 0 Å². The molecule has 0 aliphatic heterocycles. The van der Waals surface area contributed by atoms with Crippen molar-refractivity contribution in [3.05, 3.63) is 35.9 Å². The normalized spacial score (nSPS) is 22.0. The molecule has 23 heavy (non-hydrogen) atoms. The molecule has 2 unspecified atom stereocenters. The van der Waals surface area contributed by atoms with E-state index in [0.29, 0.717) is 17.0 Å². The van der Waals surface area contributed by atoms with Crippen molar-refractivity contribution < 1.29 is 4.79 Å². The lowest BCUT2D eigenvalue weighted by Crippen LogP contribution is -2.27. The van der Waals surface area contributed by atoms with Crippen molar-refractivity contribution in [1.82, 2.24) is 20.0 Å². The lowest BCUT2D eigenvalue weighted by atomic mass is 10.1. The summed E-state index contributed by atoms with van der Waals surface area (Å²) in [7, 11) is 1.75. The third-order valence-corrected chi connectivity index (χ3v) is 5.65. The van der Waals surface area contributed by atoms with E-state index in [2.05, 4.69) is 22.2 Å². The maximum atomic E-state index is 12.8. The van der Waals surface area contributed by atoms with Crippen molar-refractivity contribution in [3.63, 3.8) is 0 Å². The fraction of sp³-hybridized carbons (Fsp3) is 0.529. The maximum Gasteiger partial charge on any atom is 0.261 e. The fourth-order valence-electron chi connectivity index (χ4n) is 3.79. The molecule has 2 aliphatic carbocycles. The van der Waals surface area contributed by atoms with Gasteiger partial charge in [0.05, 0.1) is 35.9 Å². The first-order chi connectivity index (χ1) is 11.0. The highest BCUT2D eigenvalue weighted by molar-refractivity contribution is 6.06. The average Bonchev–Trinajstić information content (AvgIpc) is 3.48. The first kappa shape index (κ1) is 14.4. The standard InChI is InChI=1S/C17H21N5O/c1-11-14(16(23)21(3)13-4-7-18-19-9-13)10-20-22(11)12(2)15-8-17(15)5-6-17/h4,7,9-10,12,15H,5-6,8H2,1-3H3. The molecule has 6 nitrogen and oxygen atoms in total. The molecule has 2 aliphatic rings. The van der Waals surface area contributed by atoms with Crippen molar-refractivity contribution in [3.8, 4) is 0 Å². The van der Waals surface area contributed by atoms with Crippen LogP contribution >= 0.6 is 0 Å². The SMILES string of the molecule is Cc1c(C(=O)N(C)c2ccnnc2)cnn1C(C)C1CC12CC2. The molecular formula is C17H21N5O. The van der Waals surface area contributed by atoms with Gasteiger partial charge < -0.3 is 4.90 Å². The summed E-state index contributed by atoms with van der Waals surface area (Å²) in [5.41, 5.74) is 2.95. The van der Waals surface area contributed by atoms with Gasteiger partial charge >= 0.3 is 0 Å². The summed E-state index contributed by atoms with van der Waals surface area (Å²) < 4.78 is 2.03. The van der Waals surface area contributed by atoms with E-state index in [1.54, 1.807) is 36.6 Å². The molecule has 0 bridgehead atoms. The Morgan fingerprint density at radius 2 is 2.17 bits per heavy atom. The number of hydrogen-bond acceptors (Lipinski definition) is 4. The zero-order valence-corrected chi connectivity index (χ0v) is 13.7. The van der Waals surface area contributed by atoms with Crippen LogP contribution in [0.15, 0.2) is 24.7 Å². The Hall–Kier alpha value is -2.24. The van der Waals surface area contributed by atoms with Crippen LogP contribution in [0.5, 0.6) is 0 Å². The Bertz CT molecular complexity index is 750. The molecule has 2 fully saturated rings. The number of carbonyl (C=O) groups excluding carboxylic acids is 1. The monoisotopic (exact) mass is 311 g/mol. The van der Waals surface area contributed by atoms with Crippen LogP contribution in [-0.4, -0.2) is 32.9 Å². The van der Waals surface area contributed by atoms with Gasteiger partial charge in [-0.15, -0.1) is 0 Å². The number of amides is 1. The highest BCUT2D eigenvalue weighted by Gasteiger charge is 2.64. The minimum atomic E-state index is -0.0640. The van der Waals surface area contributed by atoms with Crippen molar-refractivity contribution in [1.29, 1.82) is 0 Å². The number of carbonyl (C=O) groups is 1. The van der Waals surface area contributed by atoms with Crippen LogP contribution in [0, 0.1) is 18.3 Å². The molecule has 0 N–H and O–H groups in total. The molecule has 0 aromatic carbocycles. The van der Waals surface area contributed by atoms with E-state index in [0.717, 1.165) is 17.3 Å². The molecule has 4 rings (SSSR count). The van der Waals surface area contributed by atoms with Gasteiger partial charge in [0, 0.05) is 12.7 Å². The second-order valence-corrected chi connectivity index (χ2v) is 6.97. The third-order valence-electron chi connectivity index (χ3n) is 5.65. The van der Waals surface area contributed by atoms with E-state index < -0.39 is 0 Å². The van der Waals surface area contributed by atoms with E-state index in [1.807, 2.05) is 11.6 Å². The lowest BCUT2D eigenvalue weighted by molar-refractivity contribution is 0.0992. The molecule has 0 radical (unpaired) electrons. The van der Waals surface area contributed by atoms with Gasteiger partial charge in [-0.2, -0.15) is 15.3 Å². The average molecular weight is 311 g/mol. The quantitative estimate of drug-likeness (QED) is 0.870. The summed E-state index contributed by atoms with van der Waals surface area (Å²) in [5, 5.41) is 12.1. The molecule has 2 heterocycles. The molecule has 120 valence electrons. The van der Waals surface area contributed by atoms with Crippen LogP contribution in [0.1, 0.15) is 48.3 Å². The lowest BCUT2D eigenvalue weighted by Gasteiger charge is -2.17. The highest BCUT2D eigenvalue weighted by Crippen LogP contribution is 2.73. The van der Waals surface area contributed by atoms with Gasteiger partial charge in [0.1, 0.15) is 0 Å². The van der Waals surface area contributed by atoms with Crippen LogP contribution in [0.3, 0.4) is 0 Å². The Morgan fingerprint density at radius 3 is 2.78 bits per heavy atom. The van der Waals surface area contributed by atoms with Crippen LogP contribution in [0.2, 0.25) is 0 Å². The number of nitrogens with zero attached hydrogens (tertiary/aromatic N) is 5. The Labute approximate surface area is 135 Å². The minimum absolute atomic E-state index is 0.0640. The van der Waals surface area contributed by atoms with Gasteiger partial charge in [-0.3, -0.25) is 9.48 Å². The van der Waals surface area contributed by atoms with Crippen LogP contribution < -0.4 is 4.90 Å². The third kappa shape index (κ3) is 2.24. The Kier molecular flexibility index (Phi) is 3.04. The summed E-state index contributed by atoms with van der Waals surface area (Å²) >= 11 is 0. The van der Waals surface area contributed by atoms with E-state index in [9.17, 15) is 4.79 Å². The van der Waals surface area contributed by atoms with Crippen molar-refractivity contribution in [2.24, 2.45) is 11.3 Å². The largest absolute Gasteiger partial charge is 0.310 e. The van der Waals surface area contributed by atoms with Crippen molar-refractivity contribution in [2.45, 2.75) is 39.2 Å². The van der Waals surface area contributed by atoms with Gasteiger partial charge in [-0.25, -0.2) is 0 Å². The smallest absolute Gasteiger partial charge is 0.261 e. The van der Waals surface area contributed by atoms with E-state index in [1.165, 1.54) is 19.3 Å². The van der Waals surface area contributed by atoms with E-state index in [4.69, 9.17) is 0 Å². The summed E-state index contributed by atoms with van der Waals surface area (Å²) in [5.74, 6) is 0.664. The summed E-state index contributed by atoms with van der Waals surface area (Å²) in [6.45, 7) is 4.21. The minimum Gasteiger partial charge on any atom is -0.310 e. The molecule has 2 aromatic heterocycles. The van der Waals surface area contributed by atoms with Gasteiger partial charge in [0.25, 0.3) is 5.91 Å². The van der Waals surface area contributed by atoms with Crippen LogP contribution in [0.4, 0.5) is 5.69 Å². The van der Waals surface area contributed by atoms with Crippen LogP contribution in [0.25, 0.3) is 0 Å². The maximum absolute atomic E-state index is 12.8. The van der Waals surface area contributed by atoms with Gasteiger partial charge in [0.2, 0.25) is 0 Å². The molecule has 1 spiro atoms. The van der Waals surface area contributed by atoms with Crippen LogP contribution in [-0.2, 0) is 0 Å². The predicted octanol–water partition coefficient (Wildman–Crippen LogP) is 2.62. The molecule has 2 atom stereocenters. The zero-order chi connectivity index (χ0) is 16.2. The second kappa shape index (κ2) is 4.88. The summed E-state index contributed by atoms with van der Waals surface area (Å²) in [6.07, 6.45) is 8.92. The second-order valence-electron chi connectivity index (χ2n) is 6.97. The topological polar surface area (TPSA) is 63.9 Å². The first-order valence-corrected chi connectivity index (χ1v) is 8.12. The van der Waals surface area contributed by atoms with E-state index in [-0.39, 0.29) is 5.91 Å².